The zero-order chi connectivity index (χ0) is 45.1. The Morgan fingerprint density at radius 2 is 1.61 bits per heavy atom. The molecule has 0 radical (unpaired) electrons. The highest BCUT2D eigenvalue weighted by atomic mass is 32.2. The predicted octanol–water partition coefficient (Wildman–Crippen LogP) is 3.43. The lowest BCUT2D eigenvalue weighted by atomic mass is 10.00. The first kappa shape index (κ1) is 44.3. The first-order valence-electron chi connectivity index (χ1n) is 21.1. The van der Waals surface area contributed by atoms with Crippen LogP contribution in [-0.2, 0) is 31.1 Å². The van der Waals surface area contributed by atoms with Crippen molar-refractivity contribution in [2.24, 2.45) is 0 Å². The largest absolute Gasteiger partial charge is 0.374 e. The van der Waals surface area contributed by atoms with Crippen molar-refractivity contribution in [1.29, 1.82) is 0 Å². The molecule has 0 spiro atoms. The predicted molar refractivity (Wildman–Crippen MR) is 237 cm³/mol. The summed E-state index contributed by atoms with van der Waals surface area (Å²) >= 11 is 0. The van der Waals surface area contributed by atoms with Crippen LogP contribution in [-0.4, -0.2) is 144 Å². The van der Waals surface area contributed by atoms with Crippen molar-refractivity contribution in [3.8, 4) is 11.1 Å². The molecule has 336 valence electrons. The molecular weight excluding hydrogens is 849 g/mol. The van der Waals surface area contributed by atoms with Gasteiger partial charge in [-0.1, -0.05) is 13.0 Å². The second-order valence-corrected chi connectivity index (χ2v) is 17.9. The van der Waals surface area contributed by atoms with Crippen molar-refractivity contribution in [2.75, 3.05) is 87.4 Å². The lowest BCUT2D eigenvalue weighted by molar-refractivity contribution is -0.135. The Balaban J connectivity index is 0.812. The molecule has 64 heavy (non-hydrogen) atoms. The summed E-state index contributed by atoms with van der Waals surface area (Å²) < 4.78 is 58.7. The van der Waals surface area contributed by atoms with Gasteiger partial charge in [-0.25, -0.2) is 13.8 Å². The van der Waals surface area contributed by atoms with E-state index in [1.807, 2.05) is 41.3 Å². The molecule has 3 amide bonds. The van der Waals surface area contributed by atoms with E-state index < -0.39 is 44.9 Å². The van der Waals surface area contributed by atoms with Crippen molar-refractivity contribution < 1.29 is 36.4 Å². The van der Waals surface area contributed by atoms with Crippen LogP contribution in [0.25, 0.3) is 22.2 Å². The van der Waals surface area contributed by atoms with Crippen molar-refractivity contribution in [2.45, 2.75) is 32.4 Å². The molecule has 4 N–H and O–H groups in total. The third kappa shape index (κ3) is 9.74. The fourth-order valence-corrected chi connectivity index (χ4v) is 8.97. The highest BCUT2D eigenvalue weighted by Crippen LogP contribution is 2.30. The molecule has 0 saturated carbocycles. The van der Waals surface area contributed by atoms with E-state index in [4.69, 9.17) is 0 Å². The Labute approximate surface area is 369 Å². The Morgan fingerprint density at radius 1 is 0.891 bits per heavy atom. The van der Waals surface area contributed by atoms with E-state index >= 15 is 8.78 Å². The lowest BCUT2D eigenvalue weighted by Gasteiger charge is -2.38. The maximum absolute atomic E-state index is 15.6. The third-order valence-corrected chi connectivity index (χ3v) is 13.6. The van der Waals surface area contributed by atoms with Gasteiger partial charge in [-0.3, -0.25) is 44.0 Å². The second kappa shape index (κ2) is 18.8. The summed E-state index contributed by atoms with van der Waals surface area (Å²) in [4.78, 5) is 71.1. The van der Waals surface area contributed by atoms with Crippen LogP contribution in [0.15, 0.2) is 73.2 Å². The summed E-state index contributed by atoms with van der Waals surface area (Å²) in [5.74, 6) is -3.89. The molecule has 5 aromatic rings. The number of hydrogen-bond donors (Lipinski definition) is 4. The fourth-order valence-electron chi connectivity index (χ4n) is 8.04. The molecular formula is C44H49F2N11O6S. The van der Waals surface area contributed by atoms with E-state index in [1.54, 1.807) is 25.4 Å². The molecule has 1 unspecified atom stereocenters. The molecule has 3 aliphatic heterocycles. The monoisotopic (exact) mass is 897 g/mol. The molecule has 0 bridgehead atoms. The number of amides is 3. The normalized spacial score (nSPS) is 17.8. The lowest BCUT2D eigenvalue weighted by Crippen LogP contribution is -2.53. The molecule has 0 aliphatic carbocycles. The number of piperazine rings is 2. The smallest absolute Gasteiger partial charge is 0.301 e. The van der Waals surface area contributed by atoms with E-state index in [0.29, 0.717) is 74.3 Å². The van der Waals surface area contributed by atoms with Crippen LogP contribution in [0.5, 0.6) is 0 Å². The van der Waals surface area contributed by atoms with E-state index in [2.05, 4.69) is 45.0 Å². The highest BCUT2D eigenvalue weighted by Gasteiger charge is 2.29. The minimum atomic E-state index is -4.14. The third-order valence-electron chi connectivity index (χ3n) is 12.0. The number of ketones is 1. The van der Waals surface area contributed by atoms with E-state index in [0.717, 1.165) is 59.7 Å². The zero-order valence-corrected chi connectivity index (χ0v) is 36.3. The van der Waals surface area contributed by atoms with Gasteiger partial charge in [0.25, 0.3) is 0 Å². The number of H-pyrrole nitrogens is 1. The summed E-state index contributed by atoms with van der Waals surface area (Å²) in [6, 6.07) is 14.7. The van der Waals surface area contributed by atoms with Crippen LogP contribution in [0.1, 0.15) is 41.4 Å². The Bertz CT molecular complexity index is 2670. The van der Waals surface area contributed by atoms with Gasteiger partial charge in [-0.2, -0.15) is 12.7 Å². The van der Waals surface area contributed by atoms with Crippen LogP contribution in [0, 0.1) is 11.6 Å². The molecule has 3 aromatic heterocycles. The number of anilines is 3. The number of carbonyl (C=O) groups is 4. The molecule has 3 saturated heterocycles. The Hall–Kier alpha value is -6.35. The van der Waals surface area contributed by atoms with Crippen LogP contribution < -0.4 is 20.3 Å². The van der Waals surface area contributed by atoms with Crippen molar-refractivity contribution in [3.05, 3.63) is 102 Å². The first-order chi connectivity index (χ1) is 30.8. The minimum absolute atomic E-state index is 0.0418. The molecule has 8 rings (SSSR count). The topological polar surface area (TPSA) is 196 Å². The van der Waals surface area contributed by atoms with Gasteiger partial charge in [-0.15, -0.1) is 0 Å². The average Bonchev–Trinajstić information content (AvgIpc) is 3.72. The number of nitrogens with zero attached hydrogens (tertiary/aromatic N) is 7. The van der Waals surface area contributed by atoms with Crippen molar-refractivity contribution in [3.63, 3.8) is 0 Å². The van der Waals surface area contributed by atoms with Gasteiger partial charge in [0.05, 0.1) is 23.5 Å². The molecule has 2 aromatic carbocycles. The second-order valence-electron chi connectivity index (χ2n) is 16.1. The standard InChI is InChI=1S/C44H49F2N11O6S/c1-3-53(2)64(62,63)52-36-11-10-35(45)40(41(36)46)42(60)34-25-49-43-33(34)22-29(24-48-43)28-4-5-31(47-23-28)26-54-16-20-57(21-17-54)39(59)27-55-14-18-56(19-15-55)32-8-6-30(7-9-32)50-37-12-13-38(58)51-44(37)61/h4-11,22-25,37,50,52H,3,12-21,26-27H2,1-2H3,(H,48,49)(H,51,58,61). The first-order valence-corrected chi connectivity index (χ1v) is 22.6. The number of rotatable bonds is 14. The van der Waals surface area contributed by atoms with Crippen molar-refractivity contribution >= 4 is 61.8 Å². The number of aromatic nitrogens is 3. The van der Waals surface area contributed by atoms with Crippen LogP contribution in [0.3, 0.4) is 0 Å². The number of fused-ring (bicyclic) bond motifs is 1. The minimum Gasteiger partial charge on any atom is -0.374 e. The highest BCUT2D eigenvalue weighted by molar-refractivity contribution is 7.90. The number of nitrogens with one attached hydrogen (secondary N) is 4. The van der Waals surface area contributed by atoms with Crippen molar-refractivity contribution in [1.82, 2.24) is 39.3 Å². The maximum atomic E-state index is 15.6. The van der Waals surface area contributed by atoms with Gasteiger partial charge >= 0.3 is 10.2 Å². The number of imide groups is 1. The molecule has 1 atom stereocenters. The number of benzene rings is 2. The fraction of sp³-hybridized carbons (Fsp3) is 0.364. The number of piperidine rings is 1. The summed E-state index contributed by atoms with van der Waals surface area (Å²) in [5.41, 5.74) is 2.87. The maximum Gasteiger partial charge on any atom is 0.301 e. The number of halogens is 2. The molecule has 3 aliphatic rings. The summed E-state index contributed by atoms with van der Waals surface area (Å²) in [5, 5.41) is 5.90. The molecule has 17 nitrogen and oxygen atoms in total. The SMILES string of the molecule is CCN(C)S(=O)(=O)Nc1ccc(F)c(C(=O)c2c[nH]c3ncc(-c4ccc(CN5CCN(C(=O)CN6CCN(c7ccc(NC8CCC(=O)NC8=O)cc7)CC6)CC5)nc4)cc23)c1F. The Morgan fingerprint density at radius 3 is 2.30 bits per heavy atom. The zero-order valence-electron chi connectivity index (χ0n) is 35.4. The van der Waals surface area contributed by atoms with E-state index in [1.165, 1.54) is 13.2 Å². The molecule has 3 fully saturated rings. The number of aromatic amines is 1. The summed E-state index contributed by atoms with van der Waals surface area (Å²) in [6.45, 7) is 8.39. The van der Waals surface area contributed by atoms with Gasteiger partial charge in [0.15, 0.2) is 5.82 Å². The van der Waals surface area contributed by atoms with E-state index in [9.17, 15) is 27.6 Å². The number of carbonyl (C=O) groups excluding carboxylic acids is 4. The summed E-state index contributed by atoms with van der Waals surface area (Å²) in [6.07, 6.45) is 5.40. The van der Waals surface area contributed by atoms with Crippen LogP contribution in [0.2, 0.25) is 0 Å². The van der Waals surface area contributed by atoms with Gasteiger partial charge in [0.2, 0.25) is 23.5 Å². The van der Waals surface area contributed by atoms with Gasteiger partial charge in [0, 0.05) is 131 Å². The quantitative estimate of drug-likeness (QED) is 0.0939. The van der Waals surface area contributed by atoms with Gasteiger partial charge in [0.1, 0.15) is 17.5 Å². The van der Waals surface area contributed by atoms with Gasteiger partial charge < -0.3 is 20.1 Å². The van der Waals surface area contributed by atoms with E-state index in [-0.39, 0.29) is 29.8 Å². The van der Waals surface area contributed by atoms with Crippen LogP contribution >= 0.6 is 0 Å². The average molecular weight is 898 g/mol. The molecule has 6 heterocycles. The van der Waals surface area contributed by atoms with Gasteiger partial charge in [-0.05, 0) is 55.0 Å². The molecule has 20 heteroatoms. The Kier molecular flexibility index (Phi) is 13.0. The number of hydrogen-bond acceptors (Lipinski definition) is 12. The number of pyridine rings is 2. The van der Waals surface area contributed by atoms with Crippen LogP contribution in [0.4, 0.5) is 25.8 Å². The summed E-state index contributed by atoms with van der Waals surface area (Å²) in [7, 11) is -2.85.